The summed E-state index contributed by atoms with van der Waals surface area (Å²) in [5, 5.41) is 15.5. The van der Waals surface area contributed by atoms with Crippen LogP contribution in [0.1, 0.15) is 55.5 Å². The lowest BCUT2D eigenvalue weighted by Crippen LogP contribution is -2.23. The van der Waals surface area contributed by atoms with Gasteiger partial charge in [0.1, 0.15) is 0 Å². The highest BCUT2D eigenvalue weighted by Crippen LogP contribution is 2.49. The van der Waals surface area contributed by atoms with E-state index >= 15 is 0 Å². The van der Waals surface area contributed by atoms with Crippen molar-refractivity contribution in [3.05, 3.63) is 102 Å². The van der Waals surface area contributed by atoms with Crippen LogP contribution in [-0.4, -0.2) is 27.5 Å². The van der Waals surface area contributed by atoms with Gasteiger partial charge in [-0.05, 0) is 66.8 Å². The molecule has 190 valence electrons. The largest absolute Gasteiger partial charge is 0.465 e. The van der Waals surface area contributed by atoms with E-state index < -0.39 is 11.5 Å². The van der Waals surface area contributed by atoms with Crippen molar-refractivity contribution in [1.29, 1.82) is 0 Å². The molecule has 37 heavy (non-hydrogen) atoms. The van der Waals surface area contributed by atoms with Crippen LogP contribution >= 0.6 is 0 Å². The van der Waals surface area contributed by atoms with Gasteiger partial charge < -0.3 is 9.84 Å². The Labute approximate surface area is 218 Å². The van der Waals surface area contributed by atoms with Crippen molar-refractivity contribution in [2.75, 3.05) is 6.61 Å². The smallest absolute Gasteiger partial charge is 0.316 e. The Hall–Kier alpha value is -3.70. The van der Waals surface area contributed by atoms with Gasteiger partial charge in [0.25, 0.3) is 0 Å². The second-order valence-corrected chi connectivity index (χ2v) is 9.92. The summed E-state index contributed by atoms with van der Waals surface area (Å²) in [7, 11) is 1.89. The molecule has 4 aromatic rings. The van der Waals surface area contributed by atoms with E-state index in [1.165, 1.54) is 5.56 Å². The monoisotopic (exact) mass is 494 g/mol. The lowest BCUT2D eigenvalue weighted by molar-refractivity contribution is -0.146. The number of carbonyl (C=O) groups is 1. The summed E-state index contributed by atoms with van der Waals surface area (Å²) in [6, 6.07) is 27.0. The van der Waals surface area contributed by atoms with E-state index in [2.05, 4.69) is 77.9 Å². The predicted molar refractivity (Wildman–Crippen MR) is 146 cm³/mol. The third kappa shape index (κ3) is 5.23. The summed E-state index contributed by atoms with van der Waals surface area (Å²) in [6.07, 6.45) is 5.49. The van der Waals surface area contributed by atoms with Crippen LogP contribution in [0.25, 0.3) is 22.3 Å². The second kappa shape index (κ2) is 10.7. The van der Waals surface area contributed by atoms with E-state index in [9.17, 15) is 9.90 Å². The summed E-state index contributed by atoms with van der Waals surface area (Å²) in [5.74, 6) is -0.110. The van der Waals surface area contributed by atoms with Gasteiger partial charge in [-0.1, -0.05) is 78.9 Å². The number of hydrogen-bond acceptors (Lipinski definition) is 4. The lowest BCUT2D eigenvalue weighted by atomic mass is 9.93. The van der Waals surface area contributed by atoms with Crippen molar-refractivity contribution in [2.45, 2.75) is 50.5 Å². The maximum atomic E-state index is 12.4. The molecule has 0 bridgehead atoms. The molecule has 5 nitrogen and oxygen atoms in total. The minimum Gasteiger partial charge on any atom is -0.465 e. The Kier molecular flexibility index (Phi) is 7.24. The van der Waals surface area contributed by atoms with E-state index in [4.69, 9.17) is 4.74 Å². The number of carbonyl (C=O) groups excluding carboxylic acids is 1. The molecule has 0 saturated heterocycles. The molecule has 0 radical (unpaired) electrons. The SMILES string of the molecule is CCOC(=O)C1(c2ccc(-c3ccc(-c4cnn(C)c4C(O)CCCc4ccccc4)cc3)cc2)CC1. The van der Waals surface area contributed by atoms with Crippen LogP contribution in [0, 0.1) is 0 Å². The first-order valence-electron chi connectivity index (χ1n) is 13.1. The van der Waals surface area contributed by atoms with Gasteiger partial charge in [0, 0.05) is 12.6 Å². The van der Waals surface area contributed by atoms with Gasteiger partial charge >= 0.3 is 5.97 Å². The van der Waals surface area contributed by atoms with Crippen molar-refractivity contribution in [2.24, 2.45) is 7.05 Å². The minimum atomic E-state index is -0.576. The molecule has 5 rings (SSSR count). The van der Waals surface area contributed by atoms with Crippen LogP contribution in [-0.2, 0) is 28.4 Å². The van der Waals surface area contributed by atoms with Gasteiger partial charge in [0.15, 0.2) is 0 Å². The maximum absolute atomic E-state index is 12.4. The van der Waals surface area contributed by atoms with Crippen molar-refractivity contribution < 1.29 is 14.6 Å². The van der Waals surface area contributed by atoms with E-state index in [0.29, 0.717) is 13.0 Å². The third-order valence-electron chi connectivity index (χ3n) is 7.47. The van der Waals surface area contributed by atoms with Crippen LogP contribution in [0.3, 0.4) is 0 Å². The number of aliphatic hydroxyl groups excluding tert-OH is 1. The highest BCUT2D eigenvalue weighted by Gasteiger charge is 2.52. The van der Waals surface area contributed by atoms with Crippen molar-refractivity contribution in [3.8, 4) is 22.3 Å². The molecule has 0 spiro atoms. The molecule has 0 amide bonds. The Morgan fingerprint density at radius 2 is 1.59 bits per heavy atom. The molecule has 5 heteroatoms. The summed E-state index contributed by atoms with van der Waals surface area (Å²) in [5.41, 5.74) is 6.92. The Morgan fingerprint density at radius 1 is 0.973 bits per heavy atom. The quantitative estimate of drug-likeness (QED) is 0.259. The molecule has 3 aromatic carbocycles. The first-order chi connectivity index (χ1) is 18.0. The average molecular weight is 495 g/mol. The van der Waals surface area contributed by atoms with Gasteiger partial charge in [-0.2, -0.15) is 5.10 Å². The van der Waals surface area contributed by atoms with Gasteiger partial charge in [-0.3, -0.25) is 9.48 Å². The molecular formula is C32H34N2O3. The third-order valence-corrected chi connectivity index (χ3v) is 7.47. The standard InChI is InChI=1S/C32H34N2O3/c1-3-37-31(36)32(20-21-32)27-18-16-25(17-19-27)24-12-14-26(15-13-24)28-22-33-34(2)30(28)29(35)11-7-10-23-8-5-4-6-9-23/h4-6,8-9,12-19,22,29,35H,3,7,10-11,20-21H2,1-2H3. The van der Waals surface area contributed by atoms with E-state index in [1.807, 2.05) is 26.2 Å². The average Bonchev–Trinajstić information content (AvgIpc) is 3.66. The van der Waals surface area contributed by atoms with Gasteiger partial charge in [0.2, 0.25) is 0 Å². The summed E-state index contributed by atoms with van der Waals surface area (Å²) < 4.78 is 7.08. The Bertz CT molecular complexity index is 1340. The summed E-state index contributed by atoms with van der Waals surface area (Å²) >= 11 is 0. The number of esters is 1. The fourth-order valence-corrected chi connectivity index (χ4v) is 5.17. The van der Waals surface area contributed by atoms with Crippen LogP contribution in [0.4, 0.5) is 0 Å². The molecule has 1 heterocycles. The van der Waals surface area contributed by atoms with Crippen molar-refractivity contribution in [1.82, 2.24) is 9.78 Å². The summed E-state index contributed by atoms with van der Waals surface area (Å²) in [4.78, 5) is 12.4. The van der Waals surface area contributed by atoms with Crippen molar-refractivity contribution >= 4 is 5.97 Å². The predicted octanol–water partition coefficient (Wildman–Crippen LogP) is 6.41. The number of benzene rings is 3. The number of aliphatic hydroxyl groups is 1. The molecule has 1 aliphatic carbocycles. The molecule has 1 aromatic heterocycles. The molecule has 1 unspecified atom stereocenters. The zero-order valence-corrected chi connectivity index (χ0v) is 21.6. The molecule has 1 atom stereocenters. The molecule has 1 aliphatic rings. The maximum Gasteiger partial charge on any atom is 0.316 e. The minimum absolute atomic E-state index is 0.110. The van der Waals surface area contributed by atoms with Crippen LogP contribution in [0.5, 0.6) is 0 Å². The van der Waals surface area contributed by atoms with Crippen molar-refractivity contribution in [3.63, 3.8) is 0 Å². The lowest BCUT2D eigenvalue weighted by Gasteiger charge is -2.15. The highest BCUT2D eigenvalue weighted by molar-refractivity contribution is 5.87. The number of aryl methyl sites for hydroxylation is 2. The van der Waals surface area contributed by atoms with E-state index in [-0.39, 0.29) is 5.97 Å². The van der Waals surface area contributed by atoms with Crippen LogP contribution in [0.2, 0.25) is 0 Å². The number of nitrogens with zero attached hydrogens (tertiary/aromatic N) is 2. The second-order valence-electron chi connectivity index (χ2n) is 9.92. The normalized spacial score (nSPS) is 14.8. The van der Waals surface area contributed by atoms with Gasteiger partial charge in [-0.15, -0.1) is 0 Å². The Balaban J connectivity index is 1.28. The number of ether oxygens (including phenoxy) is 1. The van der Waals surface area contributed by atoms with Gasteiger partial charge in [-0.25, -0.2) is 0 Å². The first kappa shape index (κ1) is 25.0. The molecular weight excluding hydrogens is 460 g/mol. The van der Waals surface area contributed by atoms with Crippen LogP contribution < -0.4 is 0 Å². The first-order valence-corrected chi connectivity index (χ1v) is 13.1. The molecule has 1 saturated carbocycles. The fraction of sp³-hybridized carbons (Fsp3) is 0.312. The number of hydrogen-bond donors (Lipinski definition) is 1. The van der Waals surface area contributed by atoms with E-state index in [0.717, 1.165) is 59.2 Å². The van der Waals surface area contributed by atoms with E-state index in [1.54, 1.807) is 4.68 Å². The number of aromatic nitrogens is 2. The number of rotatable bonds is 10. The highest BCUT2D eigenvalue weighted by atomic mass is 16.5. The molecule has 0 aliphatic heterocycles. The zero-order chi connectivity index (χ0) is 25.8. The topological polar surface area (TPSA) is 64.3 Å². The fourth-order valence-electron chi connectivity index (χ4n) is 5.17. The zero-order valence-electron chi connectivity index (χ0n) is 21.6. The molecule has 1 fully saturated rings. The van der Waals surface area contributed by atoms with Crippen LogP contribution in [0.15, 0.2) is 85.1 Å². The Morgan fingerprint density at radius 3 is 2.22 bits per heavy atom. The molecule has 1 N–H and O–H groups in total. The van der Waals surface area contributed by atoms with Gasteiger partial charge in [0.05, 0.1) is 30.0 Å². The summed E-state index contributed by atoms with van der Waals surface area (Å²) in [6.45, 7) is 2.26.